The van der Waals surface area contributed by atoms with Crippen molar-refractivity contribution in [3.63, 3.8) is 0 Å². The smallest absolute Gasteiger partial charge is 0.0725 e. The summed E-state index contributed by atoms with van der Waals surface area (Å²) in [5, 5.41) is 3.59. The van der Waals surface area contributed by atoms with Crippen molar-refractivity contribution in [3.8, 4) is 9.49 Å². The summed E-state index contributed by atoms with van der Waals surface area (Å²) in [4.78, 5) is 1.41. The van der Waals surface area contributed by atoms with E-state index in [4.69, 9.17) is 0 Å². The van der Waals surface area contributed by atoms with Gasteiger partial charge < -0.3 is 0 Å². The fourth-order valence-corrected chi connectivity index (χ4v) is 5.00. The second-order valence-electron chi connectivity index (χ2n) is 2.96. The van der Waals surface area contributed by atoms with Crippen LogP contribution in [0.5, 0.6) is 0 Å². The highest BCUT2D eigenvalue weighted by Crippen LogP contribution is 2.43. The van der Waals surface area contributed by atoms with Crippen LogP contribution in [0.25, 0.3) is 19.3 Å². The predicted molar refractivity (Wildman–Crippen MR) is 67.7 cm³/mol. The molecule has 0 radical (unpaired) electrons. The quantitative estimate of drug-likeness (QED) is 0.542. The molecule has 0 atom stereocenters. The van der Waals surface area contributed by atoms with Crippen molar-refractivity contribution >= 4 is 40.7 Å². The van der Waals surface area contributed by atoms with E-state index in [0.29, 0.717) is 0 Å². The Hall–Kier alpha value is -0.690. The molecule has 3 aromatic rings. The Balaban J connectivity index is 2.24. The van der Waals surface area contributed by atoms with E-state index in [2.05, 4.69) is 41.8 Å². The third-order valence-corrected chi connectivity index (χ3v) is 5.96. The summed E-state index contributed by atoms with van der Waals surface area (Å²) in [7, 11) is 1.37. The second kappa shape index (κ2) is 3.47. The van der Waals surface area contributed by atoms with Crippen LogP contribution in [0.3, 0.4) is 0 Å². The van der Waals surface area contributed by atoms with Gasteiger partial charge in [-0.15, -0.1) is 22.7 Å². The number of hydrogen-bond acceptors (Lipinski definition) is 2. The molecule has 0 N–H and O–H groups in total. The van der Waals surface area contributed by atoms with Gasteiger partial charge in [-0.1, -0.05) is 18.2 Å². The second-order valence-corrected chi connectivity index (χ2v) is 6.42. The summed E-state index contributed by atoms with van der Waals surface area (Å²) >= 11 is 3.73. The first kappa shape index (κ1) is 8.60. The van der Waals surface area contributed by atoms with E-state index in [1.807, 2.05) is 22.7 Å². The molecule has 0 fully saturated rings. The number of thiophene rings is 1. The van der Waals surface area contributed by atoms with Crippen LogP contribution in [-0.2, 0) is 0 Å². The van der Waals surface area contributed by atoms with Crippen LogP contribution in [0.1, 0.15) is 0 Å². The largest absolute Gasteiger partial charge is 0.143 e. The molecule has 14 heavy (non-hydrogen) atoms. The van der Waals surface area contributed by atoms with Gasteiger partial charge in [0, 0.05) is 14.7 Å². The molecule has 1 aromatic carbocycles. The molecule has 68 valence electrons. The van der Waals surface area contributed by atoms with Gasteiger partial charge in [-0.3, -0.25) is 0 Å². The minimum Gasteiger partial charge on any atom is -0.143 e. The lowest BCUT2D eigenvalue weighted by Gasteiger charge is -1.84. The van der Waals surface area contributed by atoms with Gasteiger partial charge in [-0.2, -0.15) is 0 Å². The zero-order chi connectivity index (χ0) is 9.38. The summed E-state index contributed by atoms with van der Waals surface area (Å²) in [6, 6.07) is 13.0. The predicted octanol–water partition coefficient (Wildman–Crippen LogP) is 5.21. The van der Waals surface area contributed by atoms with E-state index in [1.165, 1.54) is 27.5 Å². The third kappa shape index (κ3) is 1.40. The van der Waals surface area contributed by atoms with Crippen LogP contribution in [0.2, 0.25) is 0 Å². The van der Waals surface area contributed by atoms with Gasteiger partial charge in [-0.05, 0) is 31.8 Å². The lowest BCUT2D eigenvalue weighted by molar-refractivity contribution is 1.88. The number of fused-ring (bicyclic) bond motifs is 1. The van der Waals surface area contributed by atoms with Crippen LogP contribution >= 0.6 is 30.9 Å². The fourth-order valence-electron chi connectivity index (χ4n) is 1.38. The molecule has 0 aliphatic heterocycles. The minimum atomic E-state index is 1.37. The van der Waals surface area contributed by atoms with Crippen LogP contribution in [-0.4, -0.2) is 0 Å². The topological polar surface area (TPSA) is 0 Å². The molecular formula is C11H7PS2. The maximum absolute atomic E-state index is 2.21. The highest BCUT2D eigenvalue weighted by molar-refractivity contribution is 7.55. The number of benzene rings is 1. The maximum atomic E-state index is 2.21. The molecule has 2 heterocycles. The Kier molecular flexibility index (Phi) is 2.13. The molecule has 0 unspecified atom stereocenters. The minimum absolute atomic E-state index is 1.37. The van der Waals surface area contributed by atoms with Crippen LogP contribution < -0.4 is 0 Å². The van der Waals surface area contributed by atoms with E-state index < -0.39 is 0 Å². The van der Waals surface area contributed by atoms with Crippen LogP contribution in [0.15, 0.2) is 41.8 Å². The monoisotopic (exact) mass is 234 g/mol. The normalized spacial score (nSPS) is 11.4. The first-order valence-electron chi connectivity index (χ1n) is 4.33. The zero-order valence-corrected chi connectivity index (χ0v) is 9.83. The molecule has 2 aromatic heterocycles. The Morgan fingerprint density at radius 2 is 1.93 bits per heavy atom. The van der Waals surface area contributed by atoms with Crippen LogP contribution in [0.4, 0.5) is 0 Å². The van der Waals surface area contributed by atoms with Crippen molar-refractivity contribution in [3.05, 3.63) is 41.8 Å². The van der Waals surface area contributed by atoms with Crippen molar-refractivity contribution in [2.75, 3.05) is 0 Å². The summed E-state index contributed by atoms with van der Waals surface area (Å²) in [6.45, 7) is 0. The molecule has 0 amide bonds. The van der Waals surface area contributed by atoms with Gasteiger partial charge in [0.15, 0.2) is 0 Å². The molecule has 0 bridgehead atoms. The van der Waals surface area contributed by atoms with Gasteiger partial charge >= 0.3 is 0 Å². The van der Waals surface area contributed by atoms with Crippen molar-refractivity contribution in [1.82, 2.24) is 0 Å². The molecule has 0 nitrogen and oxygen atoms in total. The van der Waals surface area contributed by atoms with Crippen molar-refractivity contribution in [1.29, 1.82) is 0 Å². The van der Waals surface area contributed by atoms with Gasteiger partial charge in [0.1, 0.15) is 0 Å². The standard InChI is InChI=1S/C11H7PS2/c1-2-5-9-8(4-1)12-11(14-9)10-6-3-7-13-10/h1-7H. The summed E-state index contributed by atoms with van der Waals surface area (Å²) in [6.07, 6.45) is 0. The van der Waals surface area contributed by atoms with E-state index in [-0.39, 0.29) is 0 Å². The lowest BCUT2D eigenvalue weighted by atomic mass is 10.4. The van der Waals surface area contributed by atoms with Crippen molar-refractivity contribution in [2.45, 2.75) is 0 Å². The van der Waals surface area contributed by atoms with Gasteiger partial charge in [0.05, 0.1) is 4.61 Å². The average Bonchev–Trinajstić information content (AvgIpc) is 2.86. The lowest BCUT2D eigenvalue weighted by Crippen LogP contribution is -1.53. The first-order chi connectivity index (χ1) is 6.93. The SMILES string of the molecule is c1csc(-c2pc3ccccc3s2)c1. The third-order valence-electron chi connectivity index (χ3n) is 2.03. The Bertz CT molecular complexity index is 518. The Labute approximate surface area is 91.9 Å². The Morgan fingerprint density at radius 3 is 2.71 bits per heavy atom. The molecule has 3 heteroatoms. The zero-order valence-electron chi connectivity index (χ0n) is 7.31. The van der Waals surface area contributed by atoms with Crippen molar-refractivity contribution in [2.24, 2.45) is 0 Å². The van der Waals surface area contributed by atoms with Gasteiger partial charge in [0.25, 0.3) is 0 Å². The van der Waals surface area contributed by atoms with E-state index in [1.54, 1.807) is 0 Å². The molecule has 0 saturated heterocycles. The van der Waals surface area contributed by atoms with Gasteiger partial charge in [0.2, 0.25) is 0 Å². The van der Waals surface area contributed by atoms with E-state index >= 15 is 0 Å². The summed E-state index contributed by atoms with van der Waals surface area (Å²) in [5.74, 6) is 0. The molecule has 3 rings (SSSR count). The van der Waals surface area contributed by atoms with E-state index in [9.17, 15) is 0 Å². The highest BCUT2D eigenvalue weighted by Gasteiger charge is 2.04. The highest BCUT2D eigenvalue weighted by atomic mass is 32.1. The average molecular weight is 234 g/mol. The molecule has 0 spiro atoms. The Morgan fingerprint density at radius 1 is 1.00 bits per heavy atom. The van der Waals surface area contributed by atoms with Gasteiger partial charge in [-0.25, -0.2) is 0 Å². The molecule has 0 aliphatic carbocycles. The van der Waals surface area contributed by atoms with E-state index in [0.717, 1.165) is 0 Å². The maximum Gasteiger partial charge on any atom is 0.0725 e. The molecule has 0 aliphatic rings. The first-order valence-corrected chi connectivity index (χ1v) is 6.92. The summed E-state index contributed by atoms with van der Waals surface area (Å²) in [5.41, 5.74) is 0. The summed E-state index contributed by atoms with van der Waals surface area (Å²) < 4.78 is 2.89. The molecular weight excluding hydrogens is 227 g/mol. The van der Waals surface area contributed by atoms with Crippen LogP contribution in [0, 0.1) is 0 Å². The number of rotatable bonds is 1. The fraction of sp³-hybridized carbons (Fsp3) is 0. The number of hydrogen-bond donors (Lipinski definition) is 0. The molecule has 0 saturated carbocycles. The van der Waals surface area contributed by atoms with Crippen molar-refractivity contribution < 1.29 is 0 Å².